The van der Waals surface area contributed by atoms with Crippen molar-refractivity contribution in [2.45, 2.75) is 25.7 Å². The third-order valence-corrected chi connectivity index (χ3v) is 5.93. The van der Waals surface area contributed by atoms with Crippen molar-refractivity contribution in [1.29, 1.82) is 0 Å². The predicted molar refractivity (Wildman–Crippen MR) is 112 cm³/mol. The van der Waals surface area contributed by atoms with Gasteiger partial charge in [-0.2, -0.15) is 0 Å². The fourth-order valence-electron chi connectivity index (χ4n) is 4.22. The highest BCUT2D eigenvalue weighted by Crippen LogP contribution is 2.26. The number of nitrogens with one attached hydrogen (secondary N) is 1. The summed E-state index contributed by atoms with van der Waals surface area (Å²) in [6.45, 7) is 2.28. The molecule has 0 spiro atoms. The molecule has 2 aliphatic rings. The number of benzene rings is 2. The molecule has 2 atom stereocenters. The summed E-state index contributed by atoms with van der Waals surface area (Å²) in [5.74, 6) is 0.677. The van der Waals surface area contributed by atoms with Crippen LogP contribution in [0.25, 0.3) is 0 Å². The number of fused-ring (bicyclic) bond motifs is 1. The number of halogens is 1. The topological polar surface area (TPSA) is 58.6 Å². The van der Waals surface area contributed by atoms with Crippen LogP contribution in [0, 0.1) is 17.7 Å². The van der Waals surface area contributed by atoms with E-state index in [0.29, 0.717) is 26.2 Å². The maximum absolute atomic E-state index is 13.1. The first kappa shape index (κ1) is 20.4. The van der Waals surface area contributed by atoms with Gasteiger partial charge in [0.2, 0.25) is 11.8 Å². The van der Waals surface area contributed by atoms with Crippen molar-refractivity contribution in [1.82, 2.24) is 10.2 Å². The summed E-state index contributed by atoms with van der Waals surface area (Å²) in [5.41, 5.74) is 1.96. The van der Waals surface area contributed by atoms with E-state index in [4.69, 9.17) is 4.74 Å². The lowest BCUT2D eigenvalue weighted by Crippen LogP contribution is -2.47. The van der Waals surface area contributed by atoms with Gasteiger partial charge in [-0.05, 0) is 48.6 Å². The second-order valence-corrected chi connectivity index (χ2v) is 8.22. The third-order valence-electron chi connectivity index (χ3n) is 5.93. The van der Waals surface area contributed by atoms with Gasteiger partial charge < -0.3 is 15.0 Å². The van der Waals surface area contributed by atoms with Crippen molar-refractivity contribution >= 4 is 11.8 Å². The minimum absolute atomic E-state index is 0.00754. The maximum atomic E-state index is 13.1. The Kier molecular flexibility index (Phi) is 6.31. The van der Waals surface area contributed by atoms with Crippen LogP contribution in [0.5, 0.6) is 5.75 Å². The number of nitrogens with zero attached hydrogens (tertiary/aromatic N) is 1. The van der Waals surface area contributed by atoms with E-state index in [9.17, 15) is 14.0 Å². The van der Waals surface area contributed by atoms with Crippen LogP contribution in [-0.2, 0) is 22.4 Å². The summed E-state index contributed by atoms with van der Waals surface area (Å²) >= 11 is 0. The number of carbonyl (C=O) groups excluding carboxylic acids is 2. The standard InChI is InChI=1S/C24H27FN2O3/c25-21-9-7-17(8-10-21)13-23(28)27-11-3-5-20(15-27)24(29)26-14-18-12-19-4-1-2-6-22(19)30-16-18/h1-2,4,6-10,18,20H,3,5,11-16H2,(H,26,29). The maximum Gasteiger partial charge on any atom is 0.227 e. The quantitative estimate of drug-likeness (QED) is 0.825. The first-order chi connectivity index (χ1) is 14.6. The van der Waals surface area contributed by atoms with Gasteiger partial charge in [0.25, 0.3) is 0 Å². The lowest BCUT2D eigenvalue weighted by atomic mass is 9.94. The minimum Gasteiger partial charge on any atom is -0.493 e. The average Bonchev–Trinajstić information content (AvgIpc) is 2.79. The van der Waals surface area contributed by atoms with E-state index in [-0.39, 0.29) is 35.9 Å². The number of amides is 2. The Balaban J connectivity index is 1.26. The lowest BCUT2D eigenvalue weighted by molar-refractivity contribution is -0.135. The molecule has 0 radical (unpaired) electrons. The molecule has 1 saturated heterocycles. The Hall–Kier alpha value is -2.89. The molecule has 2 aliphatic heterocycles. The number of hydrogen-bond acceptors (Lipinski definition) is 3. The molecular formula is C24H27FN2O3. The zero-order valence-electron chi connectivity index (χ0n) is 17.0. The molecule has 0 saturated carbocycles. The molecule has 2 heterocycles. The molecule has 4 rings (SSSR count). The van der Waals surface area contributed by atoms with E-state index in [0.717, 1.165) is 30.6 Å². The molecule has 0 aliphatic carbocycles. The Morgan fingerprint density at radius 3 is 2.77 bits per heavy atom. The second kappa shape index (κ2) is 9.28. The number of carbonyl (C=O) groups is 2. The monoisotopic (exact) mass is 410 g/mol. The van der Waals surface area contributed by atoms with Gasteiger partial charge in [0, 0.05) is 25.6 Å². The van der Waals surface area contributed by atoms with Crippen molar-refractivity contribution in [2.75, 3.05) is 26.2 Å². The van der Waals surface area contributed by atoms with Crippen LogP contribution in [0.3, 0.4) is 0 Å². The van der Waals surface area contributed by atoms with Crippen molar-refractivity contribution in [3.8, 4) is 5.75 Å². The van der Waals surface area contributed by atoms with E-state index in [1.165, 1.54) is 17.7 Å². The van der Waals surface area contributed by atoms with E-state index >= 15 is 0 Å². The molecular weight excluding hydrogens is 383 g/mol. The van der Waals surface area contributed by atoms with Gasteiger partial charge in [-0.25, -0.2) is 4.39 Å². The molecule has 1 N–H and O–H groups in total. The first-order valence-electron chi connectivity index (χ1n) is 10.6. The largest absolute Gasteiger partial charge is 0.493 e. The average molecular weight is 410 g/mol. The summed E-state index contributed by atoms with van der Waals surface area (Å²) in [7, 11) is 0. The highest BCUT2D eigenvalue weighted by molar-refractivity contribution is 5.82. The van der Waals surface area contributed by atoms with Crippen LogP contribution < -0.4 is 10.1 Å². The zero-order chi connectivity index (χ0) is 20.9. The SMILES string of the molecule is O=C(NCC1COc2ccccc2C1)C1CCCN(C(=O)Cc2ccc(F)cc2)C1. The molecule has 0 bridgehead atoms. The van der Waals surface area contributed by atoms with Crippen molar-refractivity contribution in [2.24, 2.45) is 11.8 Å². The number of ether oxygens (including phenoxy) is 1. The molecule has 2 aromatic carbocycles. The molecule has 5 nitrogen and oxygen atoms in total. The first-order valence-corrected chi connectivity index (χ1v) is 10.6. The molecule has 2 aromatic rings. The zero-order valence-corrected chi connectivity index (χ0v) is 17.0. The highest BCUT2D eigenvalue weighted by Gasteiger charge is 2.29. The fraction of sp³-hybridized carbons (Fsp3) is 0.417. The Bertz CT molecular complexity index is 900. The predicted octanol–water partition coefficient (Wildman–Crippen LogP) is 2.97. The van der Waals surface area contributed by atoms with Gasteiger partial charge in [-0.1, -0.05) is 30.3 Å². The van der Waals surface area contributed by atoms with Gasteiger partial charge in [0.05, 0.1) is 18.9 Å². The molecule has 0 aromatic heterocycles. The van der Waals surface area contributed by atoms with Crippen molar-refractivity contribution in [3.05, 3.63) is 65.5 Å². The van der Waals surface area contributed by atoms with Crippen molar-refractivity contribution in [3.63, 3.8) is 0 Å². The normalized spacial score (nSPS) is 20.8. The van der Waals surface area contributed by atoms with Gasteiger partial charge in [0.1, 0.15) is 11.6 Å². The highest BCUT2D eigenvalue weighted by atomic mass is 19.1. The number of para-hydroxylation sites is 1. The molecule has 158 valence electrons. The van der Waals surface area contributed by atoms with Gasteiger partial charge >= 0.3 is 0 Å². The van der Waals surface area contributed by atoms with E-state index in [2.05, 4.69) is 11.4 Å². The van der Waals surface area contributed by atoms with E-state index in [1.54, 1.807) is 17.0 Å². The van der Waals surface area contributed by atoms with Gasteiger partial charge in [0.15, 0.2) is 0 Å². The summed E-state index contributed by atoms with van der Waals surface area (Å²) in [4.78, 5) is 27.1. The van der Waals surface area contributed by atoms with Gasteiger partial charge in [-0.15, -0.1) is 0 Å². The number of likely N-dealkylation sites (tertiary alicyclic amines) is 1. The summed E-state index contributed by atoms with van der Waals surface area (Å²) in [6.07, 6.45) is 2.72. The molecule has 1 fully saturated rings. The van der Waals surface area contributed by atoms with Crippen LogP contribution in [0.15, 0.2) is 48.5 Å². The molecule has 2 amide bonds. The molecule has 6 heteroatoms. The Labute approximate surface area is 176 Å². The number of rotatable bonds is 5. The van der Waals surface area contributed by atoms with Gasteiger partial charge in [-0.3, -0.25) is 9.59 Å². The fourth-order valence-corrected chi connectivity index (χ4v) is 4.22. The Morgan fingerprint density at radius 2 is 1.93 bits per heavy atom. The van der Waals surface area contributed by atoms with E-state index < -0.39 is 0 Å². The van der Waals surface area contributed by atoms with Crippen molar-refractivity contribution < 1.29 is 18.7 Å². The second-order valence-electron chi connectivity index (χ2n) is 8.22. The van der Waals surface area contributed by atoms with Crippen LogP contribution in [0.1, 0.15) is 24.0 Å². The molecule has 30 heavy (non-hydrogen) atoms. The minimum atomic E-state index is -0.312. The van der Waals surface area contributed by atoms with Crippen LogP contribution in [0.2, 0.25) is 0 Å². The van der Waals surface area contributed by atoms with Crippen LogP contribution in [-0.4, -0.2) is 43.0 Å². The number of hydrogen-bond donors (Lipinski definition) is 1. The van der Waals surface area contributed by atoms with Crippen LogP contribution in [0.4, 0.5) is 4.39 Å². The Morgan fingerprint density at radius 1 is 1.13 bits per heavy atom. The summed E-state index contributed by atoms with van der Waals surface area (Å²) in [6, 6.07) is 14.0. The summed E-state index contributed by atoms with van der Waals surface area (Å²) in [5, 5.41) is 3.07. The van der Waals surface area contributed by atoms with Crippen LogP contribution >= 0.6 is 0 Å². The third kappa shape index (κ3) is 4.99. The summed E-state index contributed by atoms with van der Waals surface area (Å²) < 4.78 is 18.9. The lowest BCUT2D eigenvalue weighted by Gasteiger charge is -2.33. The molecule has 2 unspecified atom stereocenters. The smallest absolute Gasteiger partial charge is 0.227 e. The number of piperidine rings is 1. The van der Waals surface area contributed by atoms with E-state index in [1.807, 2.05) is 18.2 Å².